The molecule has 1 aliphatic rings. The van der Waals surface area contributed by atoms with Gasteiger partial charge in [0, 0.05) is 18.2 Å². The minimum atomic E-state index is 0.0177. The van der Waals surface area contributed by atoms with E-state index in [-0.39, 0.29) is 12.5 Å². The van der Waals surface area contributed by atoms with Crippen molar-refractivity contribution in [2.45, 2.75) is 45.6 Å². The van der Waals surface area contributed by atoms with Crippen molar-refractivity contribution in [1.82, 2.24) is 10.1 Å². The lowest BCUT2D eigenvalue weighted by atomic mass is 9.91. The average molecular weight is 252 g/mol. The fraction of sp³-hybridized carbons (Fsp3) is 0.692. The number of carbonyl (C=O) groups is 1. The summed E-state index contributed by atoms with van der Waals surface area (Å²) in [4.78, 5) is 14.1. The van der Waals surface area contributed by atoms with Gasteiger partial charge in [0.05, 0.1) is 18.7 Å². The number of carbonyl (C=O) groups excluding carboxylic acids is 1. The molecule has 1 amide bonds. The van der Waals surface area contributed by atoms with Crippen molar-refractivity contribution in [3.8, 4) is 0 Å². The highest BCUT2D eigenvalue weighted by Gasteiger charge is 2.29. The van der Waals surface area contributed by atoms with Crippen LogP contribution in [-0.4, -0.2) is 40.3 Å². The molecule has 0 aromatic carbocycles. The lowest BCUT2D eigenvalue weighted by Gasteiger charge is -2.37. The van der Waals surface area contributed by atoms with E-state index in [1.807, 2.05) is 13.8 Å². The molecule has 0 saturated heterocycles. The third-order valence-corrected chi connectivity index (χ3v) is 3.69. The maximum atomic E-state index is 12.3. The van der Waals surface area contributed by atoms with E-state index >= 15 is 0 Å². The van der Waals surface area contributed by atoms with Crippen molar-refractivity contribution in [3.05, 3.63) is 17.0 Å². The van der Waals surface area contributed by atoms with E-state index < -0.39 is 0 Å². The Morgan fingerprint density at radius 1 is 1.50 bits per heavy atom. The van der Waals surface area contributed by atoms with Gasteiger partial charge in [-0.3, -0.25) is 4.79 Å². The van der Waals surface area contributed by atoms with Gasteiger partial charge in [-0.2, -0.15) is 0 Å². The van der Waals surface area contributed by atoms with Crippen molar-refractivity contribution in [2.75, 3.05) is 13.2 Å². The van der Waals surface area contributed by atoms with Crippen LogP contribution in [0, 0.1) is 13.8 Å². The number of aliphatic hydroxyl groups is 1. The predicted octanol–water partition coefficient (Wildman–Crippen LogP) is 1.21. The zero-order valence-corrected chi connectivity index (χ0v) is 11.0. The summed E-state index contributed by atoms with van der Waals surface area (Å²) in [6, 6.07) is 0.310. The molecular formula is C13H20N2O3. The lowest BCUT2D eigenvalue weighted by Crippen LogP contribution is -2.46. The topological polar surface area (TPSA) is 66.6 Å². The van der Waals surface area contributed by atoms with E-state index in [1.165, 1.54) is 6.42 Å². The summed E-state index contributed by atoms with van der Waals surface area (Å²) in [6.07, 6.45) is 3.59. The van der Waals surface area contributed by atoms with Gasteiger partial charge in [-0.05, 0) is 33.1 Å². The number of rotatable bonds is 5. The molecule has 5 nitrogen and oxygen atoms in total. The fourth-order valence-electron chi connectivity index (χ4n) is 2.32. The van der Waals surface area contributed by atoms with Crippen LogP contribution in [0.4, 0.5) is 0 Å². The Kier molecular flexibility index (Phi) is 4.01. The van der Waals surface area contributed by atoms with E-state index in [4.69, 9.17) is 9.63 Å². The maximum Gasteiger partial charge on any atom is 0.227 e. The van der Waals surface area contributed by atoms with Crippen LogP contribution in [0.15, 0.2) is 4.52 Å². The first-order chi connectivity index (χ1) is 8.63. The molecule has 1 fully saturated rings. The van der Waals surface area contributed by atoms with E-state index in [2.05, 4.69) is 5.16 Å². The molecule has 1 aromatic rings. The molecule has 100 valence electrons. The highest BCUT2D eigenvalue weighted by molar-refractivity contribution is 5.79. The van der Waals surface area contributed by atoms with Crippen LogP contribution in [0.3, 0.4) is 0 Å². The second kappa shape index (κ2) is 5.52. The Morgan fingerprint density at radius 3 is 2.67 bits per heavy atom. The molecule has 0 spiro atoms. The largest absolute Gasteiger partial charge is 0.395 e. The summed E-state index contributed by atoms with van der Waals surface area (Å²) in [5.74, 6) is 0.765. The Balaban J connectivity index is 2.04. The minimum Gasteiger partial charge on any atom is -0.395 e. The first kappa shape index (κ1) is 13.1. The first-order valence-corrected chi connectivity index (χ1v) is 6.45. The van der Waals surface area contributed by atoms with Gasteiger partial charge in [0.1, 0.15) is 5.76 Å². The smallest absolute Gasteiger partial charge is 0.227 e. The van der Waals surface area contributed by atoms with Gasteiger partial charge < -0.3 is 14.5 Å². The van der Waals surface area contributed by atoms with Crippen molar-refractivity contribution < 1.29 is 14.4 Å². The minimum absolute atomic E-state index is 0.0177. The zero-order chi connectivity index (χ0) is 13.1. The van der Waals surface area contributed by atoms with E-state index in [0.717, 1.165) is 24.1 Å². The number of aryl methyl sites for hydroxylation is 2. The quantitative estimate of drug-likeness (QED) is 0.855. The summed E-state index contributed by atoms with van der Waals surface area (Å²) in [5, 5.41) is 12.9. The molecule has 1 saturated carbocycles. The van der Waals surface area contributed by atoms with Crippen molar-refractivity contribution in [1.29, 1.82) is 0 Å². The second-order valence-corrected chi connectivity index (χ2v) is 4.87. The summed E-state index contributed by atoms with van der Waals surface area (Å²) >= 11 is 0. The highest BCUT2D eigenvalue weighted by atomic mass is 16.5. The summed E-state index contributed by atoms with van der Waals surface area (Å²) in [5.41, 5.74) is 1.65. The molecule has 1 N–H and O–H groups in total. The van der Waals surface area contributed by atoms with E-state index in [1.54, 1.807) is 4.90 Å². The highest BCUT2D eigenvalue weighted by Crippen LogP contribution is 2.25. The summed E-state index contributed by atoms with van der Waals surface area (Å²) < 4.78 is 5.07. The zero-order valence-electron chi connectivity index (χ0n) is 11.0. The molecule has 0 unspecified atom stereocenters. The monoisotopic (exact) mass is 252 g/mol. The predicted molar refractivity (Wildman–Crippen MR) is 66.1 cm³/mol. The standard InChI is InChI=1S/C13H20N2O3/c1-9-12(10(2)18-14-9)8-13(17)15(6-7-16)11-4-3-5-11/h11,16H,3-8H2,1-2H3. The second-order valence-electron chi connectivity index (χ2n) is 4.87. The fourth-order valence-corrected chi connectivity index (χ4v) is 2.32. The maximum absolute atomic E-state index is 12.3. The Hall–Kier alpha value is -1.36. The van der Waals surface area contributed by atoms with Crippen LogP contribution >= 0.6 is 0 Å². The number of amides is 1. The SMILES string of the molecule is Cc1noc(C)c1CC(=O)N(CCO)C1CCC1. The number of hydrogen-bond donors (Lipinski definition) is 1. The Labute approximate surface area is 107 Å². The number of nitrogens with zero attached hydrogens (tertiary/aromatic N) is 2. The summed E-state index contributed by atoms with van der Waals surface area (Å²) in [6.45, 7) is 4.11. The molecule has 2 rings (SSSR count). The average Bonchev–Trinajstić information content (AvgIpc) is 2.58. The Bertz CT molecular complexity index is 404. The third kappa shape index (κ3) is 2.56. The molecule has 5 heteroatoms. The van der Waals surface area contributed by atoms with Gasteiger partial charge >= 0.3 is 0 Å². The first-order valence-electron chi connectivity index (χ1n) is 6.45. The van der Waals surface area contributed by atoms with Gasteiger partial charge in [0.15, 0.2) is 0 Å². The molecule has 18 heavy (non-hydrogen) atoms. The van der Waals surface area contributed by atoms with Crippen molar-refractivity contribution >= 4 is 5.91 Å². The van der Waals surface area contributed by atoms with Crippen LogP contribution in [0.2, 0.25) is 0 Å². The molecule has 0 aliphatic heterocycles. The number of hydrogen-bond acceptors (Lipinski definition) is 4. The van der Waals surface area contributed by atoms with Gasteiger partial charge in [0.2, 0.25) is 5.91 Å². The molecule has 1 aromatic heterocycles. The van der Waals surface area contributed by atoms with Crippen molar-refractivity contribution in [2.24, 2.45) is 0 Å². The van der Waals surface area contributed by atoms with Crippen molar-refractivity contribution in [3.63, 3.8) is 0 Å². The van der Waals surface area contributed by atoms with Crippen LogP contribution < -0.4 is 0 Å². The van der Waals surface area contributed by atoms with Gasteiger partial charge in [-0.15, -0.1) is 0 Å². The van der Waals surface area contributed by atoms with Crippen LogP contribution in [0.5, 0.6) is 0 Å². The van der Waals surface area contributed by atoms with Crippen LogP contribution in [-0.2, 0) is 11.2 Å². The van der Waals surface area contributed by atoms with E-state index in [9.17, 15) is 4.79 Å². The molecule has 0 bridgehead atoms. The molecule has 1 heterocycles. The molecular weight excluding hydrogens is 232 g/mol. The van der Waals surface area contributed by atoms with Crippen LogP contribution in [0.1, 0.15) is 36.3 Å². The number of aromatic nitrogens is 1. The van der Waals surface area contributed by atoms with Gasteiger partial charge in [0.25, 0.3) is 0 Å². The Morgan fingerprint density at radius 2 is 2.22 bits per heavy atom. The van der Waals surface area contributed by atoms with E-state index in [0.29, 0.717) is 24.8 Å². The van der Waals surface area contributed by atoms with Gasteiger partial charge in [-0.1, -0.05) is 5.16 Å². The lowest BCUT2D eigenvalue weighted by molar-refractivity contribution is -0.135. The molecule has 0 radical (unpaired) electrons. The molecule has 0 atom stereocenters. The third-order valence-electron chi connectivity index (χ3n) is 3.69. The normalized spacial score (nSPS) is 15.5. The number of aliphatic hydroxyl groups excluding tert-OH is 1. The summed E-state index contributed by atoms with van der Waals surface area (Å²) in [7, 11) is 0. The molecule has 1 aliphatic carbocycles. The van der Waals surface area contributed by atoms with Crippen LogP contribution in [0.25, 0.3) is 0 Å². The van der Waals surface area contributed by atoms with Gasteiger partial charge in [-0.25, -0.2) is 0 Å².